The van der Waals surface area contributed by atoms with Crippen molar-refractivity contribution >= 4 is 44.2 Å². The van der Waals surface area contributed by atoms with Gasteiger partial charge in [-0.25, -0.2) is 9.37 Å². The summed E-state index contributed by atoms with van der Waals surface area (Å²) in [6.07, 6.45) is 0. The quantitative estimate of drug-likeness (QED) is 0.494. The highest BCUT2D eigenvalue weighted by Gasteiger charge is 2.23. The van der Waals surface area contributed by atoms with Crippen molar-refractivity contribution in [2.75, 3.05) is 38.2 Å². The van der Waals surface area contributed by atoms with Crippen molar-refractivity contribution in [3.8, 4) is 5.75 Å². The number of hydrogen-bond donors (Lipinski definition) is 0. The van der Waals surface area contributed by atoms with Crippen LogP contribution in [0, 0.1) is 5.82 Å². The van der Waals surface area contributed by atoms with Crippen LogP contribution in [0.3, 0.4) is 0 Å². The molecule has 3 aromatic rings. The van der Waals surface area contributed by atoms with E-state index in [0.29, 0.717) is 40.1 Å². The average Bonchev–Trinajstić information content (AvgIpc) is 3.18. The van der Waals surface area contributed by atoms with Crippen molar-refractivity contribution < 1.29 is 13.9 Å². The monoisotopic (exact) mass is 435 g/mol. The number of ether oxygens (including phenoxy) is 1. The van der Waals surface area contributed by atoms with Crippen molar-refractivity contribution in [1.82, 2.24) is 9.88 Å². The molecule has 0 aliphatic rings. The molecule has 0 aliphatic carbocycles. The van der Waals surface area contributed by atoms with E-state index in [1.54, 1.807) is 24.1 Å². The van der Waals surface area contributed by atoms with Crippen molar-refractivity contribution in [2.24, 2.45) is 0 Å². The van der Waals surface area contributed by atoms with Crippen LogP contribution in [-0.2, 0) is 0 Å². The molecule has 1 aromatic heterocycles. The molecule has 2 aromatic carbocycles. The van der Waals surface area contributed by atoms with Gasteiger partial charge in [-0.1, -0.05) is 36.8 Å². The highest BCUT2D eigenvalue weighted by atomic mass is 35.5. The van der Waals surface area contributed by atoms with E-state index in [1.807, 2.05) is 0 Å². The Morgan fingerprint density at radius 3 is 2.45 bits per heavy atom. The number of benzene rings is 2. The minimum absolute atomic E-state index is 0.230. The van der Waals surface area contributed by atoms with Gasteiger partial charge in [0.25, 0.3) is 5.91 Å². The fraction of sp³-hybridized carbons (Fsp3) is 0.333. The smallest absolute Gasteiger partial charge is 0.260 e. The van der Waals surface area contributed by atoms with Gasteiger partial charge in [-0.15, -0.1) is 0 Å². The molecule has 0 fully saturated rings. The third kappa shape index (κ3) is 4.69. The van der Waals surface area contributed by atoms with E-state index in [-0.39, 0.29) is 11.7 Å². The van der Waals surface area contributed by atoms with Crippen LogP contribution >= 0.6 is 22.9 Å². The zero-order chi connectivity index (χ0) is 21.0. The average molecular weight is 436 g/mol. The maximum Gasteiger partial charge on any atom is 0.260 e. The van der Waals surface area contributed by atoms with E-state index >= 15 is 0 Å². The fourth-order valence-electron chi connectivity index (χ4n) is 3.03. The van der Waals surface area contributed by atoms with Gasteiger partial charge in [0.1, 0.15) is 17.1 Å². The molecule has 154 valence electrons. The van der Waals surface area contributed by atoms with Crippen LogP contribution in [0.1, 0.15) is 24.2 Å². The number of anilines is 1. The normalized spacial score (nSPS) is 11.2. The molecular weight excluding hydrogens is 413 g/mol. The minimum atomic E-state index is -0.382. The third-order valence-electron chi connectivity index (χ3n) is 4.77. The second-order valence-electron chi connectivity index (χ2n) is 6.41. The summed E-state index contributed by atoms with van der Waals surface area (Å²) in [4.78, 5) is 21.8. The van der Waals surface area contributed by atoms with Gasteiger partial charge in [-0.05, 0) is 49.5 Å². The molecule has 0 bridgehead atoms. The topological polar surface area (TPSA) is 45.7 Å². The molecule has 0 saturated carbocycles. The Morgan fingerprint density at radius 2 is 1.83 bits per heavy atom. The Bertz CT molecular complexity index is 990. The molecule has 29 heavy (non-hydrogen) atoms. The van der Waals surface area contributed by atoms with Crippen molar-refractivity contribution in [1.29, 1.82) is 0 Å². The van der Waals surface area contributed by atoms with Crippen LogP contribution < -0.4 is 9.64 Å². The predicted molar refractivity (Wildman–Crippen MR) is 117 cm³/mol. The van der Waals surface area contributed by atoms with Crippen molar-refractivity contribution in [3.63, 3.8) is 0 Å². The van der Waals surface area contributed by atoms with Gasteiger partial charge in [0, 0.05) is 18.7 Å². The van der Waals surface area contributed by atoms with Crippen LogP contribution in [0.5, 0.6) is 5.75 Å². The molecule has 3 rings (SSSR count). The molecule has 0 aliphatic heterocycles. The van der Waals surface area contributed by atoms with Crippen LogP contribution in [-0.4, -0.2) is 49.1 Å². The number of likely N-dealkylation sites (N-methyl/N-ethyl adjacent to an activating group) is 1. The maximum absolute atomic E-state index is 13.3. The number of aromatic nitrogens is 1. The summed E-state index contributed by atoms with van der Waals surface area (Å²) in [5, 5.41) is 1.09. The fourth-order valence-corrected chi connectivity index (χ4v) is 4.32. The lowest BCUT2D eigenvalue weighted by molar-refractivity contribution is 0.0983. The Balaban J connectivity index is 2.02. The van der Waals surface area contributed by atoms with Gasteiger partial charge >= 0.3 is 0 Å². The zero-order valence-corrected chi connectivity index (χ0v) is 18.2. The number of halogens is 2. The summed E-state index contributed by atoms with van der Waals surface area (Å²) in [6, 6.07) is 9.07. The highest BCUT2D eigenvalue weighted by molar-refractivity contribution is 7.23. The third-order valence-corrected chi connectivity index (χ3v) is 6.31. The van der Waals surface area contributed by atoms with Gasteiger partial charge in [-0.3, -0.25) is 9.69 Å². The summed E-state index contributed by atoms with van der Waals surface area (Å²) in [5.74, 6) is -0.0103. The summed E-state index contributed by atoms with van der Waals surface area (Å²) in [5.41, 5.74) is 1.03. The number of fused-ring (bicyclic) bond motifs is 1. The minimum Gasteiger partial charge on any atom is -0.494 e. The van der Waals surface area contributed by atoms with Crippen LogP contribution in [0.2, 0.25) is 5.02 Å². The van der Waals surface area contributed by atoms with Gasteiger partial charge in [0.05, 0.1) is 16.8 Å². The second-order valence-corrected chi connectivity index (χ2v) is 7.80. The first-order valence-electron chi connectivity index (χ1n) is 9.41. The molecule has 8 heteroatoms. The molecule has 0 unspecified atom stereocenters. The number of amides is 1. The number of methoxy groups -OCH3 is 1. The molecule has 5 nitrogen and oxygen atoms in total. The zero-order valence-electron chi connectivity index (χ0n) is 16.6. The molecule has 0 atom stereocenters. The molecular formula is C21H23ClFN3O2S. The number of thiazole rings is 1. The molecule has 1 heterocycles. The van der Waals surface area contributed by atoms with E-state index in [4.69, 9.17) is 16.3 Å². The van der Waals surface area contributed by atoms with Gasteiger partial charge < -0.3 is 9.64 Å². The number of hydrogen-bond acceptors (Lipinski definition) is 5. The van der Waals surface area contributed by atoms with Crippen molar-refractivity contribution in [2.45, 2.75) is 13.8 Å². The lowest BCUT2D eigenvalue weighted by Crippen LogP contribution is -2.38. The van der Waals surface area contributed by atoms with E-state index < -0.39 is 0 Å². The van der Waals surface area contributed by atoms with Crippen LogP contribution in [0.15, 0.2) is 36.4 Å². The van der Waals surface area contributed by atoms with Gasteiger partial charge in [0.2, 0.25) is 0 Å². The van der Waals surface area contributed by atoms with Gasteiger partial charge in [-0.2, -0.15) is 0 Å². The van der Waals surface area contributed by atoms with Crippen molar-refractivity contribution in [3.05, 3.63) is 52.8 Å². The number of carbonyl (C=O) groups is 1. The van der Waals surface area contributed by atoms with E-state index in [0.717, 1.165) is 17.8 Å². The number of nitrogens with zero attached hydrogens (tertiary/aromatic N) is 3. The highest BCUT2D eigenvalue weighted by Crippen LogP contribution is 2.39. The Kier molecular flexibility index (Phi) is 7.05. The molecule has 0 radical (unpaired) electrons. The second kappa shape index (κ2) is 9.52. The maximum atomic E-state index is 13.3. The first-order valence-corrected chi connectivity index (χ1v) is 10.6. The molecule has 1 amide bonds. The first-order chi connectivity index (χ1) is 14.0. The Labute approximate surface area is 178 Å². The summed E-state index contributed by atoms with van der Waals surface area (Å²) >= 11 is 7.70. The van der Waals surface area contributed by atoms with Gasteiger partial charge in [0.15, 0.2) is 5.13 Å². The molecule has 0 N–H and O–H groups in total. The summed E-state index contributed by atoms with van der Waals surface area (Å²) in [6.45, 7) is 7.08. The predicted octanol–water partition coefficient (Wildman–Crippen LogP) is 5.09. The van der Waals surface area contributed by atoms with E-state index in [2.05, 4.69) is 23.7 Å². The first kappa shape index (κ1) is 21.5. The van der Waals surface area contributed by atoms with E-state index in [9.17, 15) is 9.18 Å². The van der Waals surface area contributed by atoms with E-state index in [1.165, 1.54) is 35.6 Å². The number of rotatable bonds is 8. The molecule has 0 saturated heterocycles. The van der Waals surface area contributed by atoms with Crippen LogP contribution in [0.25, 0.3) is 10.2 Å². The summed E-state index contributed by atoms with van der Waals surface area (Å²) in [7, 11) is 1.57. The Hall–Kier alpha value is -2.22. The molecule has 0 spiro atoms. The SMILES string of the molecule is CCN(CC)CCN(C(=O)c1ccc(F)cc1)c1nc2c(OC)ccc(Cl)c2s1. The number of carbonyl (C=O) groups excluding carboxylic acids is 1. The van der Waals surface area contributed by atoms with Crippen LogP contribution in [0.4, 0.5) is 9.52 Å². The lowest BCUT2D eigenvalue weighted by atomic mass is 10.2. The Morgan fingerprint density at radius 1 is 1.14 bits per heavy atom. The largest absolute Gasteiger partial charge is 0.494 e. The summed E-state index contributed by atoms with van der Waals surface area (Å²) < 4.78 is 19.5. The lowest BCUT2D eigenvalue weighted by Gasteiger charge is -2.24. The standard InChI is InChI=1S/C21H23ClFN3O2S/c1-4-25(5-2)12-13-26(20(27)14-6-8-15(23)9-7-14)21-24-18-17(28-3)11-10-16(22)19(18)29-21/h6-11H,4-5,12-13H2,1-3H3.